The van der Waals surface area contributed by atoms with E-state index in [9.17, 15) is 13.6 Å². The van der Waals surface area contributed by atoms with E-state index in [0.29, 0.717) is 10.7 Å². The Kier molecular flexibility index (Phi) is 5.32. The molecular weight excluding hydrogens is 374 g/mol. The number of hydrogen-bond donors (Lipinski definition) is 2. The number of nitrogens with zero attached hydrogens (tertiary/aromatic N) is 2. The van der Waals surface area contributed by atoms with Crippen LogP contribution in [-0.2, 0) is 0 Å². The van der Waals surface area contributed by atoms with Crippen LogP contribution in [0.2, 0.25) is 5.02 Å². The Labute approximate surface area is 159 Å². The molecule has 3 rings (SSSR count). The van der Waals surface area contributed by atoms with Gasteiger partial charge in [0.15, 0.2) is 0 Å². The third-order valence-electron chi connectivity index (χ3n) is 3.74. The van der Waals surface area contributed by atoms with Gasteiger partial charge in [-0.2, -0.15) is 0 Å². The summed E-state index contributed by atoms with van der Waals surface area (Å²) in [6, 6.07) is 8.11. The quantitative estimate of drug-likeness (QED) is 0.658. The molecule has 138 valence electrons. The molecule has 2 N–H and O–H groups in total. The molecule has 0 saturated carbocycles. The predicted molar refractivity (Wildman–Crippen MR) is 101 cm³/mol. The monoisotopic (exact) mass is 388 g/mol. The van der Waals surface area contributed by atoms with Crippen molar-refractivity contribution in [3.63, 3.8) is 0 Å². The molecule has 0 spiro atoms. The Balaban J connectivity index is 1.82. The van der Waals surface area contributed by atoms with Crippen LogP contribution >= 0.6 is 11.6 Å². The summed E-state index contributed by atoms with van der Waals surface area (Å²) >= 11 is 6.20. The smallest absolute Gasteiger partial charge is 0.274 e. The first-order chi connectivity index (χ1) is 12.8. The number of aromatic nitrogens is 2. The molecule has 8 heteroatoms. The summed E-state index contributed by atoms with van der Waals surface area (Å²) in [5, 5.41) is 5.76. The average Bonchev–Trinajstić information content (AvgIpc) is 2.60. The van der Waals surface area contributed by atoms with Crippen LogP contribution in [0.4, 0.5) is 26.1 Å². The third kappa shape index (κ3) is 4.38. The van der Waals surface area contributed by atoms with Crippen LogP contribution in [0.15, 0.2) is 42.6 Å². The fourth-order valence-electron chi connectivity index (χ4n) is 2.51. The number of hydrogen-bond acceptors (Lipinski definition) is 4. The maximum atomic E-state index is 13.8. The normalized spacial score (nSPS) is 10.6. The van der Waals surface area contributed by atoms with Crippen molar-refractivity contribution in [2.45, 2.75) is 13.8 Å². The molecule has 0 fully saturated rings. The molecule has 5 nitrogen and oxygen atoms in total. The summed E-state index contributed by atoms with van der Waals surface area (Å²) in [5.74, 6) is -1.98. The van der Waals surface area contributed by atoms with Gasteiger partial charge in [-0.1, -0.05) is 17.7 Å². The van der Waals surface area contributed by atoms with Crippen molar-refractivity contribution in [3.05, 3.63) is 76.1 Å². The first-order valence-electron chi connectivity index (χ1n) is 7.96. The fraction of sp³-hybridized carbons (Fsp3) is 0.105. The van der Waals surface area contributed by atoms with E-state index in [4.69, 9.17) is 11.6 Å². The number of aryl methyl sites for hydroxylation is 2. The van der Waals surface area contributed by atoms with Crippen LogP contribution in [0.25, 0.3) is 0 Å². The molecule has 0 bridgehead atoms. The van der Waals surface area contributed by atoms with E-state index in [1.807, 2.05) is 19.9 Å². The molecule has 2 aromatic carbocycles. The molecular formula is C19H15ClF2N4O. The van der Waals surface area contributed by atoms with E-state index >= 15 is 0 Å². The SMILES string of the molecule is Cc1cc(C)c(NC(=O)c2ccnc(Nc3ccc(F)cc3F)n2)c(Cl)c1. The minimum atomic E-state index is -0.796. The summed E-state index contributed by atoms with van der Waals surface area (Å²) in [7, 11) is 0. The highest BCUT2D eigenvalue weighted by atomic mass is 35.5. The number of anilines is 3. The summed E-state index contributed by atoms with van der Waals surface area (Å²) < 4.78 is 26.7. The lowest BCUT2D eigenvalue weighted by molar-refractivity contribution is 0.102. The first-order valence-corrected chi connectivity index (χ1v) is 8.34. The highest BCUT2D eigenvalue weighted by molar-refractivity contribution is 6.34. The zero-order chi connectivity index (χ0) is 19.6. The molecule has 27 heavy (non-hydrogen) atoms. The number of halogens is 3. The second-order valence-electron chi connectivity index (χ2n) is 5.91. The van der Waals surface area contributed by atoms with Crippen LogP contribution in [0.3, 0.4) is 0 Å². The maximum absolute atomic E-state index is 13.8. The summed E-state index contributed by atoms with van der Waals surface area (Å²) in [5.41, 5.74) is 2.34. The van der Waals surface area contributed by atoms with Crippen LogP contribution < -0.4 is 10.6 Å². The van der Waals surface area contributed by atoms with E-state index in [1.165, 1.54) is 18.3 Å². The van der Waals surface area contributed by atoms with E-state index in [0.717, 1.165) is 23.3 Å². The van der Waals surface area contributed by atoms with Gasteiger partial charge in [0, 0.05) is 12.3 Å². The molecule has 0 unspecified atom stereocenters. The van der Waals surface area contributed by atoms with Crippen molar-refractivity contribution in [1.82, 2.24) is 9.97 Å². The molecule has 0 aliphatic heterocycles. The number of carbonyl (C=O) groups excluding carboxylic acids is 1. The van der Waals surface area contributed by atoms with Gasteiger partial charge in [-0.05, 0) is 49.2 Å². The lowest BCUT2D eigenvalue weighted by atomic mass is 10.1. The van der Waals surface area contributed by atoms with Gasteiger partial charge in [0.05, 0.1) is 16.4 Å². The molecule has 0 aliphatic carbocycles. The topological polar surface area (TPSA) is 66.9 Å². The van der Waals surface area contributed by atoms with Crippen molar-refractivity contribution < 1.29 is 13.6 Å². The summed E-state index contributed by atoms with van der Waals surface area (Å²) in [6.07, 6.45) is 1.36. The van der Waals surface area contributed by atoms with Gasteiger partial charge in [-0.15, -0.1) is 0 Å². The summed E-state index contributed by atoms with van der Waals surface area (Å²) in [6.45, 7) is 3.74. The highest BCUT2D eigenvalue weighted by Gasteiger charge is 2.14. The molecule has 0 aliphatic rings. The van der Waals surface area contributed by atoms with Crippen LogP contribution in [0, 0.1) is 25.5 Å². The lowest BCUT2D eigenvalue weighted by Crippen LogP contribution is -2.16. The number of carbonyl (C=O) groups is 1. The minimum absolute atomic E-state index is 0.000108. The van der Waals surface area contributed by atoms with Crippen LogP contribution in [0.1, 0.15) is 21.6 Å². The first kappa shape index (κ1) is 18.7. The Bertz CT molecular complexity index is 1000. The van der Waals surface area contributed by atoms with Gasteiger partial charge < -0.3 is 10.6 Å². The standard InChI is InChI=1S/C19H15ClF2N4O/c1-10-7-11(2)17(13(20)8-10)26-18(27)16-5-6-23-19(25-16)24-15-4-3-12(21)9-14(15)22/h3-9H,1-2H3,(H,26,27)(H,23,24,25). The van der Waals surface area contributed by atoms with Gasteiger partial charge in [-0.3, -0.25) is 4.79 Å². The van der Waals surface area contributed by atoms with E-state index in [2.05, 4.69) is 20.6 Å². The van der Waals surface area contributed by atoms with Gasteiger partial charge in [-0.25, -0.2) is 18.7 Å². The molecule has 0 saturated heterocycles. The molecule has 0 atom stereocenters. The summed E-state index contributed by atoms with van der Waals surface area (Å²) in [4.78, 5) is 20.5. The van der Waals surface area contributed by atoms with Crippen molar-refractivity contribution >= 4 is 34.8 Å². The van der Waals surface area contributed by atoms with Gasteiger partial charge in [0.1, 0.15) is 17.3 Å². The number of nitrogens with one attached hydrogen (secondary N) is 2. The van der Waals surface area contributed by atoms with Crippen molar-refractivity contribution in [1.29, 1.82) is 0 Å². The van der Waals surface area contributed by atoms with E-state index in [-0.39, 0.29) is 17.3 Å². The maximum Gasteiger partial charge on any atom is 0.274 e. The fourth-order valence-corrected chi connectivity index (χ4v) is 2.88. The number of benzene rings is 2. The van der Waals surface area contributed by atoms with E-state index in [1.54, 1.807) is 6.07 Å². The minimum Gasteiger partial charge on any atom is -0.322 e. The Morgan fingerprint density at radius 2 is 1.89 bits per heavy atom. The molecule has 3 aromatic rings. The average molecular weight is 389 g/mol. The Hall–Kier alpha value is -3.06. The Morgan fingerprint density at radius 1 is 1.11 bits per heavy atom. The predicted octanol–water partition coefficient (Wildman–Crippen LogP) is 5.02. The van der Waals surface area contributed by atoms with Gasteiger partial charge in [0.25, 0.3) is 5.91 Å². The van der Waals surface area contributed by atoms with Crippen LogP contribution in [0.5, 0.6) is 0 Å². The Morgan fingerprint density at radius 3 is 2.59 bits per heavy atom. The van der Waals surface area contributed by atoms with Crippen molar-refractivity contribution in [2.24, 2.45) is 0 Å². The third-order valence-corrected chi connectivity index (χ3v) is 4.03. The van der Waals surface area contributed by atoms with Crippen LogP contribution in [-0.4, -0.2) is 15.9 Å². The largest absolute Gasteiger partial charge is 0.322 e. The van der Waals surface area contributed by atoms with Crippen molar-refractivity contribution in [2.75, 3.05) is 10.6 Å². The zero-order valence-electron chi connectivity index (χ0n) is 14.5. The molecule has 1 aromatic heterocycles. The zero-order valence-corrected chi connectivity index (χ0v) is 15.2. The van der Waals surface area contributed by atoms with Crippen molar-refractivity contribution in [3.8, 4) is 0 Å². The number of amides is 1. The molecule has 1 amide bonds. The highest BCUT2D eigenvalue weighted by Crippen LogP contribution is 2.27. The second kappa shape index (κ2) is 7.67. The van der Waals surface area contributed by atoms with E-state index < -0.39 is 17.5 Å². The molecule has 0 radical (unpaired) electrons. The lowest BCUT2D eigenvalue weighted by Gasteiger charge is -2.12. The second-order valence-corrected chi connectivity index (χ2v) is 6.31. The van der Waals surface area contributed by atoms with Gasteiger partial charge >= 0.3 is 0 Å². The molecule has 1 heterocycles. The number of rotatable bonds is 4. The van der Waals surface area contributed by atoms with Gasteiger partial charge in [0.2, 0.25) is 5.95 Å².